The molecule has 1 atom stereocenters. The molecule has 7 heteroatoms. The van der Waals surface area contributed by atoms with E-state index in [2.05, 4.69) is 19.9 Å². The molecule has 0 spiro atoms. The van der Waals surface area contributed by atoms with E-state index in [-0.39, 0.29) is 29.0 Å². The van der Waals surface area contributed by atoms with Crippen LogP contribution < -0.4 is 0 Å². The highest BCUT2D eigenvalue weighted by Gasteiger charge is 2.36. The zero-order valence-electron chi connectivity index (χ0n) is 11.4. The summed E-state index contributed by atoms with van der Waals surface area (Å²) >= 11 is 0. The average Bonchev–Trinajstić information content (AvgIpc) is 2.98. The summed E-state index contributed by atoms with van der Waals surface area (Å²) in [5.74, 6) is 0.620. The predicted octanol–water partition coefficient (Wildman–Crippen LogP) is 0.820. The Morgan fingerprint density at radius 2 is 1.81 bits per heavy atom. The van der Waals surface area contributed by atoms with E-state index in [0.29, 0.717) is 5.82 Å². The maximum atomic E-state index is 9.86. The van der Waals surface area contributed by atoms with E-state index in [4.69, 9.17) is 4.52 Å². The molecule has 0 radical (unpaired) electrons. The van der Waals surface area contributed by atoms with Crippen LogP contribution in [0.3, 0.4) is 0 Å². The Balaban J connectivity index is 1.67. The van der Waals surface area contributed by atoms with Crippen molar-refractivity contribution in [3.05, 3.63) is 24.0 Å². The third-order valence-corrected chi connectivity index (χ3v) is 4.25. The largest absolute Gasteiger partial charge is 0.507 e. The van der Waals surface area contributed by atoms with Crippen LogP contribution in [0.5, 0.6) is 11.5 Å². The SMILES string of the molecule is Oc1cccc(O)c1-c1nc(C2CN3CCN2CC3)no1. The van der Waals surface area contributed by atoms with Gasteiger partial charge in [-0.25, -0.2) is 0 Å². The molecule has 2 aromatic rings. The van der Waals surface area contributed by atoms with E-state index in [0.717, 1.165) is 32.7 Å². The molecule has 5 rings (SSSR count). The van der Waals surface area contributed by atoms with Crippen LogP contribution in [0.4, 0.5) is 0 Å². The minimum Gasteiger partial charge on any atom is -0.507 e. The van der Waals surface area contributed by atoms with Crippen LogP contribution in [0.15, 0.2) is 22.7 Å². The molecular formula is C14H16N4O3. The lowest BCUT2D eigenvalue weighted by Gasteiger charge is -2.46. The molecule has 3 saturated heterocycles. The first kappa shape index (κ1) is 12.6. The number of benzene rings is 1. The summed E-state index contributed by atoms with van der Waals surface area (Å²) in [6.45, 7) is 5.08. The maximum Gasteiger partial charge on any atom is 0.265 e. The van der Waals surface area contributed by atoms with Crippen molar-refractivity contribution < 1.29 is 14.7 Å². The second-order valence-corrected chi connectivity index (χ2v) is 5.48. The number of fused-ring (bicyclic) bond motifs is 3. The molecule has 3 aliphatic rings. The van der Waals surface area contributed by atoms with E-state index in [1.807, 2.05) is 0 Å². The van der Waals surface area contributed by atoms with Crippen LogP contribution in [0.25, 0.3) is 11.5 Å². The van der Waals surface area contributed by atoms with Crippen LogP contribution in [0.2, 0.25) is 0 Å². The smallest absolute Gasteiger partial charge is 0.265 e. The van der Waals surface area contributed by atoms with Crippen molar-refractivity contribution in [2.75, 3.05) is 32.7 Å². The lowest BCUT2D eigenvalue weighted by atomic mass is 10.1. The molecular weight excluding hydrogens is 272 g/mol. The molecule has 0 saturated carbocycles. The van der Waals surface area contributed by atoms with Crippen molar-refractivity contribution in [3.63, 3.8) is 0 Å². The van der Waals surface area contributed by atoms with Gasteiger partial charge in [-0.1, -0.05) is 11.2 Å². The molecule has 3 fully saturated rings. The van der Waals surface area contributed by atoms with Gasteiger partial charge < -0.3 is 14.7 Å². The number of rotatable bonds is 2. The van der Waals surface area contributed by atoms with E-state index in [1.165, 1.54) is 12.1 Å². The molecule has 0 amide bonds. The third kappa shape index (κ3) is 2.05. The van der Waals surface area contributed by atoms with E-state index < -0.39 is 0 Å². The molecule has 2 N–H and O–H groups in total. The first-order valence-corrected chi connectivity index (χ1v) is 7.04. The van der Waals surface area contributed by atoms with Gasteiger partial charge >= 0.3 is 0 Å². The van der Waals surface area contributed by atoms with E-state index in [9.17, 15) is 10.2 Å². The van der Waals surface area contributed by atoms with Crippen LogP contribution >= 0.6 is 0 Å². The highest BCUT2D eigenvalue weighted by Crippen LogP contribution is 2.37. The third-order valence-electron chi connectivity index (χ3n) is 4.25. The highest BCUT2D eigenvalue weighted by molar-refractivity contribution is 5.69. The first-order chi connectivity index (χ1) is 10.2. The van der Waals surface area contributed by atoms with Crippen molar-refractivity contribution in [2.45, 2.75) is 6.04 Å². The molecule has 4 heterocycles. The zero-order valence-corrected chi connectivity index (χ0v) is 11.4. The van der Waals surface area contributed by atoms with E-state index >= 15 is 0 Å². The number of hydrogen-bond donors (Lipinski definition) is 2. The number of phenolic OH excluding ortho intramolecular Hbond substituents is 2. The Bertz CT molecular complexity index is 644. The molecule has 1 aromatic carbocycles. The maximum absolute atomic E-state index is 9.86. The van der Waals surface area contributed by atoms with Crippen LogP contribution in [0.1, 0.15) is 11.9 Å². The van der Waals surface area contributed by atoms with Gasteiger partial charge in [-0.2, -0.15) is 4.98 Å². The molecule has 110 valence electrons. The van der Waals surface area contributed by atoms with Crippen molar-refractivity contribution in [2.24, 2.45) is 0 Å². The second kappa shape index (κ2) is 4.71. The number of aromatic hydroxyl groups is 2. The molecule has 1 aromatic heterocycles. The number of hydrogen-bond acceptors (Lipinski definition) is 7. The number of phenols is 2. The standard InChI is InChI=1S/C14H16N4O3/c19-10-2-1-3-11(20)12(10)14-15-13(16-21-14)9-8-17-4-6-18(9)7-5-17/h1-3,9,19-20H,4-8H2. The van der Waals surface area contributed by atoms with Gasteiger partial charge in [0.05, 0.1) is 6.04 Å². The van der Waals surface area contributed by atoms with Gasteiger partial charge in [0.25, 0.3) is 5.89 Å². The fourth-order valence-corrected chi connectivity index (χ4v) is 3.08. The number of piperazine rings is 3. The Hall–Kier alpha value is -2.12. The lowest BCUT2D eigenvalue weighted by molar-refractivity contribution is 0.00781. The Morgan fingerprint density at radius 3 is 2.43 bits per heavy atom. The molecule has 7 nitrogen and oxygen atoms in total. The molecule has 2 bridgehead atoms. The Morgan fingerprint density at radius 1 is 1.10 bits per heavy atom. The van der Waals surface area contributed by atoms with Gasteiger partial charge in [0.1, 0.15) is 17.1 Å². The molecule has 1 unspecified atom stereocenters. The van der Waals surface area contributed by atoms with Gasteiger partial charge in [-0.05, 0) is 12.1 Å². The fraction of sp³-hybridized carbons (Fsp3) is 0.429. The summed E-state index contributed by atoms with van der Waals surface area (Å²) in [5, 5.41) is 23.8. The fourth-order valence-electron chi connectivity index (χ4n) is 3.08. The monoisotopic (exact) mass is 288 g/mol. The van der Waals surface area contributed by atoms with Crippen LogP contribution in [-0.4, -0.2) is 62.9 Å². The lowest BCUT2D eigenvalue weighted by Crippen LogP contribution is -2.57. The highest BCUT2D eigenvalue weighted by atomic mass is 16.5. The van der Waals surface area contributed by atoms with Gasteiger partial charge in [0.15, 0.2) is 5.82 Å². The number of nitrogens with zero attached hydrogens (tertiary/aromatic N) is 4. The molecule has 21 heavy (non-hydrogen) atoms. The quantitative estimate of drug-likeness (QED) is 0.846. The van der Waals surface area contributed by atoms with Crippen molar-refractivity contribution in [3.8, 4) is 23.0 Å². The van der Waals surface area contributed by atoms with Crippen LogP contribution in [0, 0.1) is 0 Å². The minimum atomic E-state index is -0.0700. The predicted molar refractivity (Wildman–Crippen MR) is 73.8 cm³/mol. The second-order valence-electron chi connectivity index (χ2n) is 5.48. The van der Waals surface area contributed by atoms with Crippen LogP contribution in [-0.2, 0) is 0 Å². The normalized spacial score (nSPS) is 27.9. The Labute approximate surface area is 121 Å². The van der Waals surface area contributed by atoms with Gasteiger partial charge in [-0.15, -0.1) is 0 Å². The van der Waals surface area contributed by atoms with Gasteiger partial charge in [0, 0.05) is 32.7 Å². The average molecular weight is 288 g/mol. The van der Waals surface area contributed by atoms with Gasteiger partial charge in [0.2, 0.25) is 0 Å². The summed E-state index contributed by atoms with van der Waals surface area (Å²) in [5.41, 5.74) is 0.188. The Kier molecular flexibility index (Phi) is 2.83. The van der Waals surface area contributed by atoms with E-state index in [1.54, 1.807) is 6.07 Å². The minimum absolute atomic E-state index is 0.0700. The summed E-state index contributed by atoms with van der Waals surface area (Å²) < 4.78 is 5.25. The van der Waals surface area contributed by atoms with Crippen molar-refractivity contribution in [1.82, 2.24) is 19.9 Å². The summed E-state index contributed by atoms with van der Waals surface area (Å²) in [7, 11) is 0. The summed E-state index contributed by atoms with van der Waals surface area (Å²) in [6.07, 6.45) is 0. The summed E-state index contributed by atoms with van der Waals surface area (Å²) in [4.78, 5) is 9.11. The molecule has 0 aliphatic carbocycles. The zero-order chi connectivity index (χ0) is 14.4. The molecule has 3 aliphatic heterocycles. The summed E-state index contributed by atoms with van der Waals surface area (Å²) in [6, 6.07) is 4.65. The van der Waals surface area contributed by atoms with Crippen molar-refractivity contribution in [1.29, 1.82) is 0 Å². The number of aromatic nitrogens is 2. The van der Waals surface area contributed by atoms with Crippen molar-refractivity contribution >= 4 is 0 Å². The first-order valence-electron chi connectivity index (χ1n) is 7.04. The van der Waals surface area contributed by atoms with Gasteiger partial charge in [-0.3, -0.25) is 9.80 Å². The topological polar surface area (TPSA) is 85.9 Å².